The second kappa shape index (κ2) is 6.67. The van der Waals surface area contributed by atoms with E-state index in [9.17, 15) is 4.79 Å². The number of rotatable bonds is 5. The van der Waals surface area contributed by atoms with Crippen molar-refractivity contribution in [2.75, 3.05) is 7.11 Å². The number of aromatic nitrogens is 4. The molecule has 0 aliphatic heterocycles. The molecular weight excluding hydrogens is 334 g/mol. The number of amides is 1. The second-order valence-electron chi connectivity index (χ2n) is 5.54. The van der Waals surface area contributed by atoms with Crippen molar-refractivity contribution in [2.45, 2.75) is 6.54 Å². The molecule has 8 heteroatoms. The number of nitrogens with one attached hydrogen (secondary N) is 1. The second-order valence-corrected chi connectivity index (χ2v) is 5.54. The van der Waals surface area contributed by atoms with Crippen LogP contribution in [-0.2, 0) is 6.54 Å². The highest BCUT2D eigenvalue weighted by Gasteiger charge is 2.14. The van der Waals surface area contributed by atoms with Gasteiger partial charge in [-0.2, -0.15) is 4.68 Å². The molecule has 8 nitrogen and oxygen atoms in total. The standard InChI is InChI=1S/C18H15N5O3/c1-25-14-8-6-13(7-9-14)23-17(20-21-22-23)11-19-18(24)16-10-12-4-2-3-5-15(12)26-16/h2-10H,11H2,1H3,(H,19,24). The van der Waals surface area contributed by atoms with E-state index in [0.29, 0.717) is 11.4 Å². The van der Waals surface area contributed by atoms with Gasteiger partial charge in [-0.15, -0.1) is 5.10 Å². The van der Waals surface area contributed by atoms with Gasteiger partial charge in [-0.1, -0.05) is 18.2 Å². The number of carbonyl (C=O) groups excluding carboxylic acids is 1. The highest BCUT2D eigenvalue weighted by atomic mass is 16.5. The predicted octanol–water partition coefficient (Wildman–Crippen LogP) is 2.35. The largest absolute Gasteiger partial charge is 0.497 e. The Balaban J connectivity index is 1.49. The first kappa shape index (κ1) is 15.8. The van der Waals surface area contributed by atoms with Gasteiger partial charge >= 0.3 is 0 Å². The van der Waals surface area contributed by atoms with Gasteiger partial charge in [0.1, 0.15) is 11.3 Å². The van der Waals surface area contributed by atoms with E-state index >= 15 is 0 Å². The third-order valence-corrected chi connectivity index (χ3v) is 3.91. The summed E-state index contributed by atoms with van der Waals surface area (Å²) in [6.45, 7) is 0.162. The molecule has 2 aromatic carbocycles. The first-order chi connectivity index (χ1) is 12.7. The van der Waals surface area contributed by atoms with Crippen molar-refractivity contribution in [3.63, 3.8) is 0 Å². The van der Waals surface area contributed by atoms with Gasteiger partial charge in [-0.25, -0.2) is 0 Å². The van der Waals surface area contributed by atoms with Crippen LogP contribution in [0, 0.1) is 0 Å². The van der Waals surface area contributed by atoms with E-state index in [1.165, 1.54) is 0 Å². The molecule has 4 aromatic rings. The highest BCUT2D eigenvalue weighted by molar-refractivity contribution is 5.95. The van der Waals surface area contributed by atoms with E-state index in [2.05, 4.69) is 20.8 Å². The molecule has 0 radical (unpaired) electrons. The van der Waals surface area contributed by atoms with Crippen LogP contribution in [-0.4, -0.2) is 33.2 Å². The minimum absolute atomic E-state index is 0.162. The molecule has 1 N–H and O–H groups in total. The lowest BCUT2D eigenvalue weighted by atomic mass is 10.2. The van der Waals surface area contributed by atoms with Crippen LogP contribution in [0.2, 0.25) is 0 Å². The van der Waals surface area contributed by atoms with Gasteiger partial charge in [0.2, 0.25) is 0 Å². The van der Waals surface area contributed by atoms with Crippen molar-refractivity contribution in [3.05, 3.63) is 66.2 Å². The van der Waals surface area contributed by atoms with Gasteiger partial charge < -0.3 is 14.5 Å². The minimum atomic E-state index is -0.328. The zero-order valence-electron chi connectivity index (χ0n) is 13.9. The summed E-state index contributed by atoms with van der Waals surface area (Å²) in [5, 5.41) is 15.3. The Bertz CT molecular complexity index is 1020. The number of methoxy groups -OCH3 is 1. The van der Waals surface area contributed by atoms with Crippen LogP contribution in [0.5, 0.6) is 5.75 Å². The molecule has 26 heavy (non-hydrogen) atoms. The normalized spacial score (nSPS) is 10.8. The fourth-order valence-corrected chi connectivity index (χ4v) is 2.58. The van der Waals surface area contributed by atoms with Crippen molar-refractivity contribution in [1.29, 1.82) is 0 Å². The van der Waals surface area contributed by atoms with Crippen LogP contribution in [0.4, 0.5) is 0 Å². The van der Waals surface area contributed by atoms with E-state index in [0.717, 1.165) is 16.8 Å². The molecule has 130 valence electrons. The molecular formula is C18H15N5O3. The Hall–Kier alpha value is -3.68. The number of carbonyl (C=O) groups is 1. The number of ether oxygens (including phenoxy) is 1. The Morgan fingerprint density at radius 3 is 2.77 bits per heavy atom. The van der Waals surface area contributed by atoms with E-state index < -0.39 is 0 Å². The summed E-state index contributed by atoms with van der Waals surface area (Å²) in [5.74, 6) is 1.15. The smallest absolute Gasteiger partial charge is 0.287 e. The van der Waals surface area contributed by atoms with Crippen molar-refractivity contribution in [3.8, 4) is 11.4 Å². The van der Waals surface area contributed by atoms with Crippen LogP contribution in [0.15, 0.2) is 59.0 Å². The Kier molecular flexibility index (Phi) is 4.06. The van der Waals surface area contributed by atoms with Crippen LogP contribution in [0.3, 0.4) is 0 Å². The maximum atomic E-state index is 12.3. The van der Waals surface area contributed by atoms with E-state index in [1.54, 1.807) is 17.9 Å². The summed E-state index contributed by atoms with van der Waals surface area (Å²) in [6, 6.07) is 16.5. The molecule has 0 bridgehead atoms. The molecule has 1 amide bonds. The average molecular weight is 349 g/mol. The number of benzene rings is 2. The molecule has 0 fully saturated rings. The number of furan rings is 1. The topological polar surface area (TPSA) is 95.1 Å². The molecule has 2 aromatic heterocycles. The molecule has 0 saturated heterocycles. The Morgan fingerprint density at radius 2 is 2.00 bits per heavy atom. The quantitative estimate of drug-likeness (QED) is 0.594. The summed E-state index contributed by atoms with van der Waals surface area (Å²) in [7, 11) is 1.60. The molecule has 0 unspecified atom stereocenters. The number of nitrogens with zero attached hydrogens (tertiary/aromatic N) is 4. The monoisotopic (exact) mass is 349 g/mol. The summed E-state index contributed by atoms with van der Waals surface area (Å²) in [4.78, 5) is 12.3. The molecule has 0 atom stereocenters. The lowest BCUT2D eigenvalue weighted by Crippen LogP contribution is -2.24. The molecule has 0 aliphatic rings. The highest BCUT2D eigenvalue weighted by Crippen LogP contribution is 2.19. The Labute approximate surface area is 148 Å². The number of para-hydroxylation sites is 1. The first-order valence-electron chi connectivity index (χ1n) is 7.93. The summed E-state index contributed by atoms with van der Waals surface area (Å²) in [6.07, 6.45) is 0. The maximum Gasteiger partial charge on any atom is 0.287 e. The number of tetrazole rings is 1. The first-order valence-corrected chi connectivity index (χ1v) is 7.93. The molecule has 4 rings (SSSR count). The predicted molar refractivity (Wildman–Crippen MR) is 93.1 cm³/mol. The van der Waals surface area contributed by atoms with Gasteiger partial charge in [0.05, 0.1) is 19.3 Å². The van der Waals surface area contributed by atoms with Gasteiger partial charge in [-0.3, -0.25) is 4.79 Å². The third kappa shape index (κ3) is 3.00. The van der Waals surface area contributed by atoms with E-state index in [1.807, 2.05) is 48.5 Å². The van der Waals surface area contributed by atoms with Gasteiger partial charge in [-0.05, 0) is 46.8 Å². The average Bonchev–Trinajstić information content (AvgIpc) is 3.33. The minimum Gasteiger partial charge on any atom is -0.497 e. The van der Waals surface area contributed by atoms with Gasteiger partial charge in [0.25, 0.3) is 5.91 Å². The zero-order chi connectivity index (χ0) is 17.9. The SMILES string of the molecule is COc1ccc(-n2nnnc2CNC(=O)c2cc3ccccc3o2)cc1. The fourth-order valence-electron chi connectivity index (χ4n) is 2.58. The molecule has 0 spiro atoms. The van der Waals surface area contributed by atoms with Gasteiger partial charge in [0.15, 0.2) is 11.6 Å². The van der Waals surface area contributed by atoms with E-state index in [4.69, 9.17) is 9.15 Å². The van der Waals surface area contributed by atoms with Crippen molar-refractivity contribution in [2.24, 2.45) is 0 Å². The van der Waals surface area contributed by atoms with E-state index in [-0.39, 0.29) is 18.2 Å². The molecule has 0 aliphatic carbocycles. The van der Waals surface area contributed by atoms with Crippen molar-refractivity contribution < 1.29 is 13.9 Å². The third-order valence-electron chi connectivity index (χ3n) is 3.91. The number of hydrogen-bond donors (Lipinski definition) is 1. The Morgan fingerprint density at radius 1 is 1.19 bits per heavy atom. The van der Waals surface area contributed by atoms with Crippen LogP contribution in [0.1, 0.15) is 16.4 Å². The van der Waals surface area contributed by atoms with Crippen molar-refractivity contribution >= 4 is 16.9 Å². The summed E-state index contributed by atoms with van der Waals surface area (Å²) >= 11 is 0. The maximum absolute atomic E-state index is 12.3. The van der Waals surface area contributed by atoms with Gasteiger partial charge in [0, 0.05) is 5.39 Å². The molecule has 0 saturated carbocycles. The molecule has 2 heterocycles. The fraction of sp³-hybridized carbons (Fsp3) is 0.111. The van der Waals surface area contributed by atoms with Crippen LogP contribution in [0.25, 0.3) is 16.7 Å². The van der Waals surface area contributed by atoms with Crippen molar-refractivity contribution in [1.82, 2.24) is 25.5 Å². The lowest BCUT2D eigenvalue weighted by molar-refractivity contribution is 0.0924. The zero-order valence-corrected chi connectivity index (χ0v) is 13.9. The number of hydrogen-bond acceptors (Lipinski definition) is 6. The number of fused-ring (bicyclic) bond motifs is 1. The summed E-state index contributed by atoms with van der Waals surface area (Å²) in [5.41, 5.74) is 1.43. The van der Waals surface area contributed by atoms with Crippen LogP contribution >= 0.6 is 0 Å². The van der Waals surface area contributed by atoms with Crippen LogP contribution < -0.4 is 10.1 Å². The lowest BCUT2D eigenvalue weighted by Gasteiger charge is -2.06. The summed E-state index contributed by atoms with van der Waals surface area (Å²) < 4.78 is 12.3.